The fraction of sp³-hybridized carbons (Fsp3) is 0.462. The molecule has 1 aliphatic heterocycles. The number of aliphatic hydroxyl groups excluding tert-OH is 1. The first-order chi connectivity index (χ1) is 18.6. The predicted octanol–water partition coefficient (Wildman–Crippen LogP) is 3.65. The number of fused-ring (bicyclic) bond motifs is 1. The topological polar surface area (TPSA) is 116 Å². The number of amides is 2. The van der Waals surface area contributed by atoms with Crippen LogP contribution in [0.3, 0.4) is 0 Å². The number of nitrogens with one attached hydrogen (secondary N) is 1. The average Bonchev–Trinajstić information content (AvgIpc) is 2.89. The number of hydrogen-bond donors (Lipinski definition) is 2. The molecule has 2 aromatic rings. The van der Waals surface area contributed by atoms with E-state index in [9.17, 15) is 40.7 Å². The normalized spacial score (nSPS) is 18.9. The van der Waals surface area contributed by atoms with E-state index in [-0.39, 0.29) is 41.6 Å². The zero-order valence-corrected chi connectivity index (χ0v) is 22.9. The fourth-order valence-corrected chi connectivity index (χ4v) is 5.32. The summed E-state index contributed by atoms with van der Waals surface area (Å²) in [5, 5.41) is 12.1. The second kappa shape index (κ2) is 12.5. The van der Waals surface area contributed by atoms with Gasteiger partial charge in [0.2, 0.25) is 15.9 Å². The third-order valence-electron chi connectivity index (χ3n) is 6.54. The van der Waals surface area contributed by atoms with Crippen molar-refractivity contribution in [2.45, 2.75) is 49.9 Å². The van der Waals surface area contributed by atoms with Gasteiger partial charge in [0.15, 0.2) is 0 Å². The summed E-state index contributed by atoms with van der Waals surface area (Å²) < 4.78 is 84.2. The molecule has 3 rings (SSSR count). The van der Waals surface area contributed by atoms with Crippen LogP contribution in [0.25, 0.3) is 0 Å². The first-order valence-electron chi connectivity index (χ1n) is 12.4. The van der Waals surface area contributed by atoms with Crippen molar-refractivity contribution in [3.63, 3.8) is 0 Å². The van der Waals surface area contributed by atoms with E-state index < -0.39 is 64.7 Å². The molecule has 0 saturated carbocycles. The highest BCUT2D eigenvalue weighted by atomic mass is 32.2. The lowest BCUT2D eigenvalue weighted by Crippen LogP contribution is -2.50. The first kappa shape index (κ1) is 31.3. The van der Waals surface area contributed by atoms with E-state index in [0.717, 1.165) is 28.6 Å². The van der Waals surface area contributed by atoms with Gasteiger partial charge in [0.05, 0.1) is 36.1 Å². The average molecular weight is 590 g/mol. The molecule has 0 unspecified atom stereocenters. The minimum atomic E-state index is -4.50. The number of sulfonamides is 1. The number of rotatable bonds is 9. The van der Waals surface area contributed by atoms with Crippen molar-refractivity contribution in [1.82, 2.24) is 9.21 Å². The highest BCUT2D eigenvalue weighted by molar-refractivity contribution is 7.89. The van der Waals surface area contributed by atoms with Gasteiger partial charge >= 0.3 is 6.18 Å². The summed E-state index contributed by atoms with van der Waals surface area (Å²) in [5.74, 6) is -2.37. The minimum absolute atomic E-state index is 0.0186. The number of alkyl halides is 3. The van der Waals surface area contributed by atoms with E-state index in [4.69, 9.17) is 4.74 Å². The molecule has 0 saturated heterocycles. The molecular formula is C26H31F4N3O6S. The Bertz CT molecular complexity index is 1320. The number of hydrogen-bond acceptors (Lipinski definition) is 6. The zero-order chi connectivity index (χ0) is 29.8. The molecule has 0 aromatic heterocycles. The van der Waals surface area contributed by atoms with Crippen LogP contribution >= 0.6 is 0 Å². The van der Waals surface area contributed by atoms with Gasteiger partial charge in [-0.3, -0.25) is 9.59 Å². The van der Waals surface area contributed by atoms with Crippen LogP contribution in [-0.4, -0.2) is 79.6 Å². The van der Waals surface area contributed by atoms with E-state index in [1.54, 1.807) is 13.8 Å². The molecule has 0 spiro atoms. The van der Waals surface area contributed by atoms with Crippen LogP contribution in [0.2, 0.25) is 0 Å². The maximum absolute atomic E-state index is 13.5. The van der Waals surface area contributed by atoms with Crippen LogP contribution in [0.5, 0.6) is 5.75 Å². The number of benzene rings is 2. The van der Waals surface area contributed by atoms with Gasteiger partial charge in [0.1, 0.15) is 17.7 Å². The van der Waals surface area contributed by atoms with Gasteiger partial charge in [-0.2, -0.15) is 17.5 Å². The highest BCUT2D eigenvalue weighted by Gasteiger charge is 2.35. The molecule has 9 nitrogen and oxygen atoms in total. The van der Waals surface area contributed by atoms with Gasteiger partial charge in [0.25, 0.3) is 5.91 Å². The molecule has 220 valence electrons. The Balaban J connectivity index is 1.91. The molecule has 2 aromatic carbocycles. The summed E-state index contributed by atoms with van der Waals surface area (Å²) in [5.41, 5.74) is 0.0514. The number of anilines is 1. The highest BCUT2D eigenvalue weighted by Crippen LogP contribution is 2.31. The number of nitrogens with zero attached hydrogens (tertiary/aromatic N) is 2. The Morgan fingerprint density at radius 3 is 2.48 bits per heavy atom. The number of halogens is 4. The minimum Gasteiger partial charge on any atom is -0.488 e. The van der Waals surface area contributed by atoms with Crippen molar-refractivity contribution < 1.29 is 45.4 Å². The molecule has 3 atom stereocenters. The van der Waals surface area contributed by atoms with E-state index in [2.05, 4.69) is 5.32 Å². The second-order valence-electron chi connectivity index (χ2n) is 9.74. The summed E-state index contributed by atoms with van der Waals surface area (Å²) in [6, 6.07) is 7.72. The van der Waals surface area contributed by atoms with Crippen molar-refractivity contribution in [3.8, 4) is 5.75 Å². The molecule has 0 bridgehead atoms. The largest absolute Gasteiger partial charge is 0.488 e. The fourth-order valence-electron chi connectivity index (χ4n) is 4.14. The van der Waals surface area contributed by atoms with Crippen LogP contribution in [0.4, 0.5) is 23.2 Å². The number of carbonyl (C=O) groups excluding carboxylic acids is 2. The standard InChI is InChI=1S/C26H31F4N3O6S/c1-16-13-33(17(2)15-34)25(36)21-12-19(31-24(35)10-11-26(28,29)30)6-9-22(21)39-23(16)14-32(3)40(37,38)20-7-4-18(27)5-8-20/h4-9,12,16-17,23,34H,10-11,13-15H2,1-3H3,(H,31,35)/t16-,17+,23-/m0/s1. The quantitative estimate of drug-likeness (QED) is 0.432. The molecule has 1 heterocycles. The van der Waals surface area contributed by atoms with Crippen molar-refractivity contribution in [3.05, 3.63) is 53.8 Å². The van der Waals surface area contributed by atoms with Crippen LogP contribution in [0.1, 0.15) is 37.0 Å². The molecule has 0 fully saturated rings. The Morgan fingerprint density at radius 2 is 1.88 bits per heavy atom. The maximum atomic E-state index is 13.5. The van der Waals surface area contributed by atoms with Gasteiger partial charge < -0.3 is 20.1 Å². The van der Waals surface area contributed by atoms with Crippen molar-refractivity contribution in [2.24, 2.45) is 5.92 Å². The lowest BCUT2D eigenvalue weighted by Gasteiger charge is -2.38. The Morgan fingerprint density at radius 1 is 1.23 bits per heavy atom. The lowest BCUT2D eigenvalue weighted by atomic mass is 9.99. The van der Waals surface area contributed by atoms with E-state index in [1.807, 2.05) is 0 Å². The summed E-state index contributed by atoms with van der Waals surface area (Å²) in [4.78, 5) is 26.8. The van der Waals surface area contributed by atoms with Crippen molar-refractivity contribution in [2.75, 3.05) is 32.1 Å². The molecule has 14 heteroatoms. The summed E-state index contributed by atoms with van der Waals surface area (Å²) in [6.45, 7) is 2.94. The Hall–Kier alpha value is -3.23. The number of likely N-dealkylation sites (N-methyl/N-ethyl adjacent to an activating group) is 1. The smallest absolute Gasteiger partial charge is 0.389 e. The van der Waals surface area contributed by atoms with E-state index in [1.165, 1.54) is 30.1 Å². The van der Waals surface area contributed by atoms with Gasteiger partial charge in [-0.05, 0) is 49.4 Å². The van der Waals surface area contributed by atoms with Crippen LogP contribution in [0, 0.1) is 11.7 Å². The SMILES string of the molecule is C[C@H](CO)N1C[C@H](C)[C@H](CN(C)S(=O)(=O)c2ccc(F)cc2)Oc2ccc(NC(=O)CCC(F)(F)F)cc2C1=O. The van der Waals surface area contributed by atoms with Gasteiger partial charge in [-0.15, -0.1) is 0 Å². The third-order valence-corrected chi connectivity index (χ3v) is 8.38. The van der Waals surface area contributed by atoms with Crippen LogP contribution in [0.15, 0.2) is 47.4 Å². The van der Waals surface area contributed by atoms with Gasteiger partial charge in [-0.25, -0.2) is 12.8 Å². The predicted molar refractivity (Wildman–Crippen MR) is 138 cm³/mol. The molecule has 2 amide bonds. The zero-order valence-electron chi connectivity index (χ0n) is 22.1. The number of aliphatic hydroxyl groups is 1. The molecular weight excluding hydrogens is 558 g/mol. The second-order valence-corrected chi connectivity index (χ2v) is 11.8. The molecule has 0 radical (unpaired) electrons. The van der Waals surface area contributed by atoms with Crippen molar-refractivity contribution in [1.29, 1.82) is 0 Å². The monoisotopic (exact) mass is 589 g/mol. The third kappa shape index (κ3) is 7.70. The molecule has 40 heavy (non-hydrogen) atoms. The Labute approximate surface area is 229 Å². The molecule has 2 N–H and O–H groups in total. The number of ether oxygens (including phenoxy) is 1. The van der Waals surface area contributed by atoms with E-state index >= 15 is 0 Å². The molecule has 0 aliphatic carbocycles. The Kier molecular flexibility index (Phi) is 9.80. The summed E-state index contributed by atoms with van der Waals surface area (Å²) >= 11 is 0. The van der Waals surface area contributed by atoms with Gasteiger partial charge in [-0.1, -0.05) is 6.92 Å². The van der Waals surface area contributed by atoms with Gasteiger partial charge in [0, 0.05) is 31.6 Å². The van der Waals surface area contributed by atoms with E-state index in [0.29, 0.717) is 0 Å². The maximum Gasteiger partial charge on any atom is 0.389 e. The first-order valence-corrected chi connectivity index (χ1v) is 13.9. The van der Waals surface area contributed by atoms with Crippen LogP contribution < -0.4 is 10.1 Å². The summed E-state index contributed by atoms with van der Waals surface area (Å²) in [6.07, 6.45) is -7.39. The summed E-state index contributed by atoms with van der Waals surface area (Å²) in [7, 11) is -2.68. The van der Waals surface area contributed by atoms with Crippen molar-refractivity contribution >= 4 is 27.5 Å². The molecule has 1 aliphatic rings. The van der Waals surface area contributed by atoms with Crippen LogP contribution in [-0.2, 0) is 14.8 Å². The number of carbonyl (C=O) groups is 2. The lowest BCUT2D eigenvalue weighted by molar-refractivity contribution is -0.142.